The van der Waals surface area contributed by atoms with E-state index in [0.717, 1.165) is 41.0 Å². The minimum Gasteiger partial charge on any atom is -0.490 e. The van der Waals surface area contributed by atoms with Crippen molar-refractivity contribution in [3.8, 4) is 22.9 Å². The monoisotopic (exact) mass is 585 g/mol. The van der Waals surface area contributed by atoms with Crippen molar-refractivity contribution < 1.29 is 18.7 Å². The summed E-state index contributed by atoms with van der Waals surface area (Å²) in [7, 11) is 0.465. The van der Waals surface area contributed by atoms with Crippen LogP contribution < -0.4 is 4.74 Å². The smallest absolute Gasteiger partial charge is 0.254 e. The van der Waals surface area contributed by atoms with E-state index in [0.29, 0.717) is 30.2 Å². The van der Waals surface area contributed by atoms with Crippen LogP contribution in [0.4, 0.5) is 4.39 Å². The lowest BCUT2D eigenvalue weighted by Crippen LogP contribution is -2.27. The van der Waals surface area contributed by atoms with Gasteiger partial charge in [0.15, 0.2) is 0 Å². The lowest BCUT2D eigenvalue weighted by atomic mass is 9.99. The predicted molar refractivity (Wildman–Crippen MR) is 162 cm³/mol. The molecule has 1 amide bonds. The first-order valence-corrected chi connectivity index (χ1v) is 17.9. The first kappa shape index (κ1) is 29.4. The largest absolute Gasteiger partial charge is 0.490 e. The molecule has 1 aliphatic rings. The van der Waals surface area contributed by atoms with Crippen molar-refractivity contribution in [1.82, 2.24) is 19.7 Å². The summed E-state index contributed by atoms with van der Waals surface area (Å²) in [4.78, 5) is 19.7. The van der Waals surface area contributed by atoms with Gasteiger partial charge in [0, 0.05) is 56.7 Å². The number of aryl methyl sites for hydroxylation is 1. The van der Waals surface area contributed by atoms with Crippen molar-refractivity contribution in [3.63, 3.8) is 0 Å². The molecule has 0 unspecified atom stereocenters. The Morgan fingerprint density at radius 3 is 2.71 bits per heavy atom. The maximum Gasteiger partial charge on any atom is 0.254 e. The third-order valence-electron chi connectivity index (χ3n) is 7.31. The minimum absolute atomic E-state index is 0.00875. The van der Waals surface area contributed by atoms with Gasteiger partial charge in [-0.1, -0.05) is 31.8 Å². The highest BCUT2D eigenvalue weighted by Crippen LogP contribution is 2.38. The molecule has 218 valence electrons. The summed E-state index contributed by atoms with van der Waals surface area (Å²) in [5.41, 5.74) is 3.91. The summed E-state index contributed by atoms with van der Waals surface area (Å²) in [6, 6.07) is 12.7. The molecule has 0 aliphatic heterocycles. The maximum atomic E-state index is 15.7. The van der Waals surface area contributed by atoms with Crippen molar-refractivity contribution >= 4 is 24.9 Å². The van der Waals surface area contributed by atoms with Crippen LogP contribution in [0.15, 0.2) is 48.8 Å². The van der Waals surface area contributed by atoms with E-state index in [9.17, 15) is 10.1 Å². The van der Waals surface area contributed by atoms with E-state index in [1.54, 1.807) is 54.7 Å². The van der Waals surface area contributed by atoms with E-state index >= 15 is 4.39 Å². The third-order valence-corrected chi connectivity index (χ3v) is 9.02. The van der Waals surface area contributed by atoms with Gasteiger partial charge < -0.3 is 14.4 Å². The quantitative estimate of drug-likeness (QED) is 0.147. The highest BCUT2D eigenvalue weighted by Gasteiger charge is 2.28. The highest BCUT2D eigenvalue weighted by atomic mass is 28.3. The zero-order valence-corrected chi connectivity index (χ0v) is 25.8. The molecule has 0 N–H and O–H groups in total. The molecule has 0 saturated heterocycles. The molecule has 2 heterocycles. The maximum absolute atomic E-state index is 15.7. The summed E-state index contributed by atoms with van der Waals surface area (Å²) in [6.45, 7) is 10.1. The Morgan fingerprint density at radius 1 is 1.21 bits per heavy atom. The van der Waals surface area contributed by atoms with Gasteiger partial charge in [-0.15, -0.1) is 0 Å². The van der Waals surface area contributed by atoms with Gasteiger partial charge in [0.25, 0.3) is 5.91 Å². The molecule has 0 spiro atoms. The average Bonchev–Trinajstić information content (AvgIpc) is 3.66. The zero-order valence-electron chi connectivity index (χ0n) is 24.8. The number of hydrogen-bond donors (Lipinski definition) is 0. The molecule has 42 heavy (non-hydrogen) atoms. The fourth-order valence-electron chi connectivity index (χ4n) is 4.77. The Morgan fingerprint density at radius 2 is 2.00 bits per heavy atom. The Hall–Kier alpha value is -4.07. The number of pyridine rings is 1. The van der Waals surface area contributed by atoms with Crippen molar-refractivity contribution in [3.05, 3.63) is 77.0 Å². The van der Waals surface area contributed by atoms with Gasteiger partial charge in [-0.25, -0.2) is 9.07 Å². The number of hydrogen-bond acceptors (Lipinski definition) is 6. The Balaban J connectivity index is 1.41. The first-order valence-electron chi connectivity index (χ1n) is 14.2. The molecule has 1 saturated carbocycles. The summed E-state index contributed by atoms with van der Waals surface area (Å²) in [5, 5.41) is 14.8. The van der Waals surface area contributed by atoms with E-state index in [1.807, 2.05) is 11.6 Å². The van der Waals surface area contributed by atoms with Crippen molar-refractivity contribution in [2.45, 2.75) is 64.8 Å². The van der Waals surface area contributed by atoms with Crippen LogP contribution in [-0.4, -0.2) is 53.4 Å². The number of ether oxygens (including phenoxy) is 2. The summed E-state index contributed by atoms with van der Waals surface area (Å²) in [5.74, 6) is -0.622. The second-order valence-corrected chi connectivity index (χ2v) is 17.7. The van der Waals surface area contributed by atoms with Crippen LogP contribution in [0.3, 0.4) is 0 Å². The van der Waals surface area contributed by atoms with Crippen LogP contribution in [0.5, 0.6) is 5.75 Å². The van der Waals surface area contributed by atoms with E-state index in [4.69, 9.17) is 9.47 Å². The molecular weight excluding hydrogens is 549 g/mol. The number of nitriles is 1. The number of benzene rings is 2. The fourth-order valence-corrected chi connectivity index (χ4v) is 5.53. The van der Waals surface area contributed by atoms with Crippen molar-refractivity contribution in [2.75, 3.05) is 13.7 Å². The number of carbonyl (C=O) groups excluding carboxylic acids is 1. The second-order valence-electron chi connectivity index (χ2n) is 12.1. The molecule has 8 nitrogen and oxygen atoms in total. The van der Waals surface area contributed by atoms with E-state index in [2.05, 4.69) is 35.8 Å². The van der Waals surface area contributed by atoms with Crippen molar-refractivity contribution in [2.24, 2.45) is 0 Å². The number of fused-ring (bicyclic) bond motifs is 1. The first-order chi connectivity index (χ1) is 20.0. The molecule has 0 atom stereocenters. The Kier molecular flexibility index (Phi) is 8.43. The van der Waals surface area contributed by atoms with Crippen molar-refractivity contribution in [1.29, 1.82) is 5.26 Å². The van der Waals surface area contributed by atoms with Crippen LogP contribution in [0, 0.1) is 24.1 Å². The zero-order chi connectivity index (χ0) is 30.0. The van der Waals surface area contributed by atoms with Crippen LogP contribution in [0.2, 0.25) is 25.7 Å². The Labute approximate surface area is 246 Å². The van der Waals surface area contributed by atoms with Gasteiger partial charge in [0.1, 0.15) is 18.3 Å². The predicted octanol–water partition coefficient (Wildman–Crippen LogP) is 6.54. The van der Waals surface area contributed by atoms with Crippen LogP contribution in [0.1, 0.15) is 40.0 Å². The standard InChI is InChI=1S/C32H36FN5O3Si/c1-21-27-18-36-38(20-40-11-12-42(3,4)5)31(27)25(17-35-21)19-37(2)32(39)24-14-28(33)30(29(15-24)41-26-9-10-26)23-8-6-7-22(13-23)16-34/h6-8,13-15,17-18,26H,9-12,19-20H2,1-5H3. The summed E-state index contributed by atoms with van der Waals surface area (Å²) >= 11 is 0. The molecule has 0 radical (unpaired) electrons. The van der Waals surface area contributed by atoms with Gasteiger partial charge >= 0.3 is 0 Å². The SMILES string of the molecule is Cc1ncc(CN(C)C(=O)c2cc(F)c(-c3cccc(C#N)c3)c(OC3CC3)c2)c2c1cnn2COCC[Si](C)(C)C. The van der Waals surface area contributed by atoms with Crippen LogP contribution in [-0.2, 0) is 18.0 Å². The topological polar surface area (TPSA) is 93.3 Å². The van der Waals surface area contributed by atoms with Crippen LogP contribution >= 0.6 is 0 Å². The fraction of sp³-hybridized carbons (Fsp3) is 0.375. The molecular formula is C32H36FN5O3Si. The number of amides is 1. The summed E-state index contributed by atoms with van der Waals surface area (Å²) in [6.07, 6.45) is 5.29. The molecule has 4 aromatic rings. The minimum atomic E-state index is -1.22. The van der Waals surface area contributed by atoms with Gasteiger partial charge in [-0.2, -0.15) is 10.4 Å². The summed E-state index contributed by atoms with van der Waals surface area (Å²) < 4.78 is 29.5. The van der Waals surface area contributed by atoms with E-state index in [-0.39, 0.29) is 29.7 Å². The Bertz CT molecular complexity index is 1670. The highest BCUT2D eigenvalue weighted by molar-refractivity contribution is 6.76. The average molecular weight is 586 g/mol. The van der Waals surface area contributed by atoms with Gasteiger partial charge in [0.2, 0.25) is 0 Å². The molecule has 1 fully saturated rings. The van der Waals surface area contributed by atoms with Crippen LogP contribution in [0.25, 0.3) is 22.0 Å². The normalized spacial score (nSPS) is 13.3. The molecule has 5 rings (SSSR count). The van der Waals surface area contributed by atoms with Gasteiger partial charge in [-0.3, -0.25) is 9.78 Å². The lowest BCUT2D eigenvalue weighted by Gasteiger charge is -2.20. The second kappa shape index (κ2) is 12.0. The number of aromatic nitrogens is 3. The lowest BCUT2D eigenvalue weighted by molar-refractivity contribution is 0.0780. The number of rotatable bonds is 11. The van der Waals surface area contributed by atoms with Gasteiger partial charge in [0.05, 0.1) is 35.0 Å². The number of nitrogens with zero attached hydrogens (tertiary/aromatic N) is 5. The molecule has 10 heteroatoms. The van der Waals surface area contributed by atoms with E-state index < -0.39 is 13.9 Å². The molecule has 2 aromatic carbocycles. The molecule has 1 aliphatic carbocycles. The number of carbonyl (C=O) groups is 1. The third kappa shape index (κ3) is 6.69. The molecule has 0 bridgehead atoms. The van der Waals surface area contributed by atoms with Gasteiger partial charge in [-0.05, 0) is 55.6 Å². The number of halogens is 1. The van der Waals surface area contributed by atoms with E-state index in [1.165, 1.54) is 6.07 Å². The molecule has 2 aromatic heterocycles.